The van der Waals surface area contributed by atoms with Crippen molar-refractivity contribution in [3.05, 3.63) is 16.3 Å². The molecule has 1 aromatic heterocycles. The predicted molar refractivity (Wildman–Crippen MR) is 82.3 cm³/mol. The van der Waals surface area contributed by atoms with Crippen LogP contribution in [0.4, 0.5) is 0 Å². The fourth-order valence-electron chi connectivity index (χ4n) is 2.23. The number of nitrogens with zero attached hydrogens (tertiary/aromatic N) is 2. The van der Waals surface area contributed by atoms with Crippen LogP contribution >= 0.6 is 11.3 Å². The summed E-state index contributed by atoms with van der Waals surface area (Å²) in [6.07, 6.45) is 1.14. The summed E-state index contributed by atoms with van der Waals surface area (Å²) in [6, 6.07) is 1.61. The van der Waals surface area contributed by atoms with Crippen molar-refractivity contribution in [3.8, 4) is 0 Å². The first-order valence-corrected chi connectivity index (χ1v) is 10.6. The van der Waals surface area contributed by atoms with Crippen LogP contribution in [0, 0.1) is 0 Å². The summed E-state index contributed by atoms with van der Waals surface area (Å²) >= 11 is 1.40. The van der Waals surface area contributed by atoms with Gasteiger partial charge >= 0.3 is 0 Å². The van der Waals surface area contributed by atoms with Gasteiger partial charge in [0.1, 0.15) is 0 Å². The van der Waals surface area contributed by atoms with E-state index in [0.29, 0.717) is 11.4 Å². The lowest BCUT2D eigenvalue weighted by Gasteiger charge is -2.32. The summed E-state index contributed by atoms with van der Waals surface area (Å²) in [7, 11) is -5.05. The van der Waals surface area contributed by atoms with Gasteiger partial charge in [-0.25, -0.2) is 16.8 Å². The smallest absolute Gasteiger partial charge is 0.244 e. The third-order valence-corrected chi connectivity index (χ3v) is 7.66. The fourth-order valence-corrected chi connectivity index (χ4v) is 5.90. The molecule has 2 heterocycles. The molecular formula is C11H19N3O4S3. The van der Waals surface area contributed by atoms with Gasteiger partial charge in [0.2, 0.25) is 20.0 Å². The van der Waals surface area contributed by atoms with Gasteiger partial charge in [-0.2, -0.15) is 8.61 Å². The molecule has 1 aliphatic heterocycles. The molecule has 0 radical (unpaired) electrons. The third kappa shape index (κ3) is 3.63. The molecule has 0 amide bonds. The van der Waals surface area contributed by atoms with Crippen molar-refractivity contribution in [2.45, 2.75) is 11.4 Å². The van der Waals surface area contributed by atoms with Gasteiger partial charge in [0.05, 0.1) is 11.2 Å². The van der Waals surface area contributed by atoms with E-state index in [1.165, 1.54) is 19.9 Å². The van der Waals surface area contributed by atoms with Crippen LogP contribution < -0.4 is 5.32 Å². The summed E-state index contributed by atoms with van der Waals surface area (Å²) in [5.74, 6) is 0. The summed E-state index contributed by atoms with van der Waals surface area (Å²) in [6.45, 7) is 1.26. The summed E-state index contributed by atoms with van der Waals surface area (Å²) in [4.78, 5) is 1.08. The van der Waals surface area contributed by atoms with Crippen molar-refractivity contribution in [1.29, 1.82) is 0 Å². The molecular weight excluding hydrogens is 334 g/mol. The van der Waals surface area contributed by atoms with Crippen LogP contribution in [0.25, 0.3) is 0 Å². The molecule has 0 unspecified atom stereocenters. The SMILES string of the molecule is CNCc1sccc1S(=O)(=O)N1CCN(S(C)(=O)=O)CC1. The van der Waals surface area contributed by atoms with Crippen LogP contribution in [-0.4, -0.2) is 64.9 Å². The lowest BCUT2D eigenvalue weighted by atomic mass is 10.4. The quantitative estimate of drug-likeness (QED) is 0.788. The zero-order chi connectivity index (χ0) is 15.7. The number of hydrogen-bond donors (Lipinski definition) is 1. The average Bonchev–Trinajstić information content (AvgIpc) is 2.87. The van der Waals surface area contributed by atoms with E-state index in [-0.39, 0.29) is 26.2 Å². The average molecular weight is 353 g/mol. The highest BCUT2D eigenvalue weighted by atomic mass is 32.2. The van der Waals surface area contributed by atoms with Crippen LogP contribution in [0.5, 0.6) is 0 Å². The maximum atomic E-state index is 12.6. The molecule has 7 nitrogen and oxygen atoms in total. The molecule has 1 fully saturated rings. The maximum Gasteiger partial charge on any atom is 0.244 e. The molecule has 10 heteroatoms. The summed E-state index contributed by atoms with van der Waals surface area (Å²) in [5, 5.41) is 4.71. The number of piperazine rings is 1. The highest BCUT2D eigenvalue weighted by molar-refractivity contribution is 7.89. The Balaban J connectivity index is 2.17. The van der Waals surface area contributed by atoms with Crippen LogP contribution in [-0.2, 0) is 26.6 Å². The Morgan fingerprint density at radius 2 is 1.71 bits per heavy atom. The van der Waals surface area contributed by atoms with Gasteiger partial charge in [-0.1, -0.05) is 0 Å². The molecule has 1 N–H and O–H groups in total. The van der Waals surface area contributed by atoms with Crippen LogP contribution in [0.3, 0.4) is 0 Å². The first-order valence-electron chi connectivity index (χ1n) is 6.43. The van der Waals surface area contributed by atoms with Crippen molar-refractivity contribution in [2.24, 2.45) is 0 Å². The van der Waals surface area contributed by atoms with E-state index in [4.69, 9.17) is 0 Å². The second-order valence-electron chi connectivity index (χ2n) is 4.80. The van der Waals surface area contributed by atoms with Gasteiger partial charge in [-0.05, 0) is 18.5 Å². The third-order valence-electron chi connectivity index (χ3n) is 3.33. The molecule has 0 spiro atoms. The highest BCUT2D eigenvalue weighted by Gasteiger charge is 2.32. The molecule has 2 rings (SSSR count). The van der Waals surface area contributed by atoms with Gasteiger partial charge in [-0.15, -0.1) is 11.3 Å². The van der Waals surface area contributed by atoms with E-state index in [2.05, 4.69) is 5.32 Å². The largest absolute Gasteiger partial charge is 0.315 e. The van der Waals surface area contributed by atoms with Crippen molar-refractivity contribution in [1.82, 2.24) is 13.9 Å². The van der Waals surface area contributed by atoms with Gasteiger partial charge in [0, 0.05) is 37.6 Å². The molecule has 120 valence electrons. The van der Waals surface area contributed by atoms with E-state index in [1.54, 1.807) is 18.5 Å². The van der Waals surface area contributed by atoms with E-state index in [9.17, 15) is 16.8 Å². The molecule has 1 aromatic rings. The van der Waals surface area contributed by atoms with E-state index >= 15 is 0 Å². The highest BCUT2D eigenvalue weighted by Crippen LogP contribution is 2.26. The first-order chi connectivity index (χ1) is 9.76. The molecule has 0 bridgehead atoms. The maximum absolute atomic E-state index is 12.6. The minimum atomic E-state index is -3.56. The number of sulfonamides is 2. The molecule has 21 heavy (non-hydrogen) atoms. The minimum Gasteiger partial charge on any atom is -0.315 e. The van der Waals surface area contributed by atoms with Gasteiger partial charge < -0.3 is 5.32 Å². The zero-order valence-corrected chi connectivity index (χ0v) is 14.4. The second kappa shape index (κ2) is 6.31. The Morgan fingerprint density at radius 1 is 1.14 bits per heavy atom. The second-order valence-corrected chi connectivity index (χ2v) is 9.69. The Hall–Kier alpha value is -0.520. The van der Waals surface area contributed by atoms with Gasteiger partial charge in [0.15, 0.2) is 0 Å². The number of nitrogens with one attached hydrogen (secondary N) is 1. The molecule has 0 saturated carbocycles. The van der Waals surface area contributed by atoms with Gasteiger partial charge in [0.25, 0.3) is 0 Å². The molecule has 0 atom stereocenters. The summed E-state index contributed by atoms with van der Waals surface area (Å²) < 4.78 is 50.9. The molecule has 0 aliphatic carbocycles. The van der Waals surface area contributed by atoms with Crippen LogP contribution in [0.1, 0.15) is 4.88 Å². The Labute approximate surface area is 129 Å². The predicted octanol–water partition coefficient (Wildman–Crippen LogP) is -0.267. The van der Waals surface area contributed by atoms with E-state index in [0.717, 1.165) is 11.1 Å². The number of hydrogen-bond acceptors (Lipinski definition) is 6. The standard InChI is InChI=1S/C11H19N3O4S3/c1-12-9-10-11(3-8-19-10)21(17,18)14-6-4-13(5-7-14)20(2,15)16/h3,8,12H,4-7,9H2,1-2H3. The Morgan fingerprint density at radius 3 is 2.24 bits per heavy atom. The monoisotopic (exact) mass is 353 g/mol. The number of rotatable bonds is 5. The Kier molecular flexibility index (Phi) is 5.06. The Bertz CT molecular complexity index is 688. The first kappa shape index (κ1) is 16.8. The minimum absolute atomic E-state index is 0.185. The molecule has 1 saturated heterocycles. The van der Waals surface area contributed by atoms with E-state index < -0.39 is 20.0 Å². The summed E-state index contributed by atoms with van der Waals surface area (Å²) in [5.41, 5.74) is 0. The van der Waals surface area contributed by atoms with Crippen molar-refractivity contribution in [3.63, 3.8) is 0 Å². The van der Waals surface area contributed by atoms with Crippen molar-refractivity contribution < 1.29 is 16.8 Å². The van der Waals surface area contributed by atoms with Crippen molar-refractivity contribution >= 4 is 31.4 Å². The normalized spacial score (nSPS) is 19.0. The van der Waals surface area contributed by atoms with Crippen LogP contribution in [0.15, 0.2) is 16.3 Å². The lowest BCUT2D eigenvalue weighted by Crippen LogP contribution is -2.50. The lowest BCUT2D eigenvalue weighted by molar-refractivity contribution is 0.274. The van der Waals surface area contributed by atoms with E-state index in [1.807, 2.05) is 0 Å². The van der Waals surface area contributed by atoms with Crippen LogP contribution in [0.2, 0.25) is 0 Å². The fraction of sp³-hybridized carbons (Fsp3) is 0.636. The topological polar surface area (TPSA) is 86.8 Å². The number of thiophene rings is 1. The molecule has 0 aromatic carbocycles. The zero-order valence-electron chi connectivity index (χ0n) is 11.9. The van der Waals surface area contributed by atoms with Crippen molar-refractivity contribution in [2.75, 3.05) is 39.5 Å². The molecule has 1 aliphatic rings. The van der Waals surface area contributed by atoms with Gasteiger partial charge in [-0.3, -0.25) is 0 Å².